The van der Waals surface area contributed by atoms with E-state index in [2.05, 4.69) is 34.3 Å². The first-order valence-corrected chi connectivity index (χ1v) is 6.34. The maximum Gasteiger partial charge on any atom is 0.243 e. The molecule has 94 valence electrons. The monoisotopic (exact) mass is 236 g/mol. The van der Waals surface area contributed by atoms with E-state index in [0.29, 0.717) is 5.95 Å². The number of rotatable bonds is 5. The number of hydrogen-bond acceptors (Lipinski definition) is 5. The topological polar surface area (TPSA) is 70.9 Å². The molecule has 1 heterocycles. The minimum absolute atomic E-state index is 0.132. The van der Waals surface area contributed by atoms with Crippen LogP contribution in [0.15, 0.2) is 0 Å². The van der Waals surface area contributed by atoms with Gasteiger partial charge in [-0.25, -0.2) is 4.98 Å². The van der Waals surface area contributed by atoms with E-state index in [1.165, 1.54) is 0 Å². The number of aliphatic hydroxyl groups excluding tert-OH is 1. The zero-order valence-electron chi connectivity index (χ0n) is 10.5. The Morgan fingerprint density at radius 1 is 1.18 bits per heavy atom. The zero-order valence-corrected chi connectivity index (χ0v) is 10.5. The summed E-state index contributed by atoms with van der Waals surface area (Å²) in [5.74, 6) is 0.549. The number of aliphatic hydroxyl groups is 1. The van der Waals surface area contributed by atoms with Gasteiger partial charge in [0, 0.05) is 0 Å². The first-order valence-electron chi connectivity index (χ1n) is 6.34. The van der Waals surface area contributed by atoms with Gasteiger partial charge in [-0.2, -0.15) is 5.10 Å². The lowest BCUT2D eigenvalue weighted by atomic mass is 9.77. The molecule has 1 aromatic rings. The largest absolute Gasteiger partial charge is 0.394 e. The van der Waals surface area contributed by atoms with Crippen molar-refractivity contribution in [2.75, 3.05) is 11.9 Å². The van der Waals surface area contributed by atoms with Crippen LogP contribution in [-0.2, 0) is 12.8 Å². The lowest BCUT2D eigenvalue weighted by molar-refractivity contribution is 0.143. The Kier molecular flexibility index (Phi) is 3.57. The second-order valence-electron chi connectivity index (χ2n) is 4.65. The van der Waals surface area contributed by atoms with Gasteiger partial charge in [0.2, 0.25) is 5.95 Å². The van der Waals surface area contributed by atoms with Crippen LogP contribution in [0.5, 0.6) is 0 Å². The maximum atomic E-state index is 9.39. The van der Waals surface area contributed by atoms with E-state index in [-0.39, 0.29) is 12.1 Å². The number of nitrogens with zero attached hydrogens (tertiary/aromatic N) is 3. The number of anilines is 1. The fourth-order valence-corrected chi connectivity index (χ4v) is 2.15. The first-order chi connectivity index (χ1) is 8.23. The Labute approximate surface area is 102 Å². The molecule has 0 aromatic carbocycles. The Morgan fingerprint density at radius 3 is 2.35 bits per heavy atom. The summed E-state index contributed by atoms with van der Waals surface area (Å²) in [5, 5.41) is 20.9. The molecule has 1 fully saturated rings. The third-order valence-electron chi connectivity index (χ3n) is 3.50. The Morgan fingerprint density at radius 2 is 1.88 bits per heavy atom. The predicted molar refractivity (Wildman–Crippen MR) is 65.9 cm³/mol. The van der Waals surface area contributed by atoms with Gasteiger partial charge < -0.3 is 10.4 Å². The lowest BCUT2D eigenvalue weighted by Crippen LogP contribution is -2.48. The van der Waals surface area contributed by atoms with Crippen molar-refractivity contribution in [2.45, 2.75) is 51.5 Å². The molecule has 1 aliphatic carbocycles. The highest BCUT2D eigenvalue weighted by Gasteiger charge is 2.37. The molecule has 0 spiro atoms. The Balaban J connectivity index is 2.16. The average Bonchev–Trinajstić information content (AvgIpc) is 2.33. The molecule has 0 bridgehead atoms. The van der Waals surface area contributed by atoms with Gasteiger partial charge in [0.25, 0.3) is 0 Å². The number of hydrogen-bond donors (Lipinski definition) is 2. The summed E-state index contributed by atoms with van der Waals surface area (Å²) >= 11 is 0. The summed E-state index contributed by atoms with van der Waals surface area (Å²) in [6.07, 6.45) is 4.82. The standard InChI is InChI=1S/C12H20N4O/c1-3-9-10(4-2)15-16-11(13-9)14-12(8-17)6-5-7-12/h17H,3-8H2,1-2H3,(H,13,14,16). The van der Waals surface area contributed by atoms with Crippen LogP contribution in [0.2, 0.25) is 0 Å². The van der Waals surface area contributed by atoms with Gasteiger partial charge in [0.15, 0.2) is 0 Å². The highest BCUT2D eigenvalue weighted by Crippen LogP contribution is 2.33. The third-order valence-corrected chi connectivity index (χ3v) is 3.50. The van der Waals surface area contributed by atoms with Crippen molar-refractivity contribution in [3.05, 3.63) is 11.4 Å². The molecule has 0 atom stereocenters. The SMILES string of the molecule is CCc1nnc(NC2(CO)CCC2)nc1CC. The fraction of sp³-hybridized carbons (Fsp3) is 0.750. The lowest BCUT2D eigenvalue weighted by Gasteiger charge is -2.40. The van der Waals surface area contributed by atoms with Crippen molar-refractivity contribution in [2.24, 2.45) is 0 Å². The third kappa shape index (κ3) is 2.39. The predicted octanol–water partition coefficient (Wildman–Crippen LogP) is 1.32. The summed E-state index contributed by atoms with van der Waals surface area (Å²) in [7, 11) is 0. The van der Waals surface area contributed by atoms with Crippen molar-refractivity contribution in [3.8, 4) is 0 Å². The van der Waals surface area contributed by atoms with Gasteiger partial charge in [-0.1, -0.05) is 13.8 Å². The zero-order chi connectivity index (χ0) is 12.3. The molecule has 0 amide bonds. The Bertz CT molecular complexity index is 385. The number of aryl methyl sites for hydroxylation is 2. The fourth-order valence-electron chi connectivity index (χ4n) is 2.15. The van der Waals surface area contributed by atoms with E-state index in [9.17, 15) is 5.11 Å². The normalized spacial score (nSPS) is 17.6. The van der Waals surface area contributed by atoms with Crippen LogP contribution in [0.1, 0.15) is 44.5 Å². The molecule has 1 aliphatic rings. The van der Waals surface area contributed by atoms with Crippen LogP contribution in [0.4, 0.5) is 5.95 Å². The summed E-state index contributed by atoms with van der Waals surface area (Å²) in [5.41, 5.74) is 1.75. The summed E-state index contributed by atoms with van der Waals surface area (Å²) in [4.78, 5) is 4.48. The van der Waals surface area contributed by atoms with Crippen molar-refractivity contribution in [1.29, 1.82) is 0 Å². The van der Waals surface area contributed by atoms with E-state index < -0.39 is 0 Å². The molecule has 5 nitrogen and oxygen atoms in total. The minimum Gasteiger partial charge on any atom is -0.394 e. The van der Waals surface area contributed by atoms with Gasteiger partial charge in [0.05, 0.1) is 23.5 Å². The highest BCUT2D eigenvalue weighted by molar-refractivity contribution is 5.31. The van der Waals surface area contributed by atoms with Gasteiger partial charge in [-0.05, 0) is 32.1 Å². The first kappa shape index (κ1) is 12.2. The van der Waals surface area contributed by atoms with Crippen LogP contribution in [0.3, 0.4) is 0 Å². The van der Waals surface area contributed by atoms with Crippen LogP contribution >= 0.6 is 0 Å². The van der Waals surface area contributed by atoms with Gasteiger partial charge in [0.1, 0.15) is 0 Å². The molecule has 0 radical (unpaired) electrons. The summed E-state index contributed by atoms with van der Waals surface area (Å²) in [6, 6.07) is 0. The maximum absolute atomic E-state index is 9.39. The molecule has 0 unspecified atom stereocenters. The Hall–Kier alpha value is -1.23. The molecule has 5 heteroatoms. The molecular formula is C12H20N4O. The van der Waals surface area contributed by atoms with Gasteiger partial charge in [-0.15, -0.1) is 5.10 Å². The van der Waals surface area contributed by atoms with Gasteiger partial charge in [-0.3, -0.25) is 0 Å². The molecule has 0 aliphatic heterocycles. The molecule has 1 aromatic heterocycles. The van der Waals surface area contributed by atoms with E-state index >= 15 is 0 Å². The molecule has 17 heavy (non-hydrogen) atoms. The summed E-state index contributed by atoms with van der Waals surface area (Å²) in [6.45, 7) is 4.25. The molecule has 0 saturated heterocycles. The van der Waals surface area contributed by atoms with Crippen molar-refractivity contribution in [1.82, 2.24) is 15.2 Å². The molecular weight excluding hydrogens is 216 g/mol. The summed E-state index contributed by atoms with van der Waals surface area (Å²) < 4.78 is 0. The molecule has 1 saturated carbocycles. The molecule has 2 N–H and O–H groups in total. The smallest absolute Gasteiger partial charge is 0.243 e. The van der Waals surface area contributed by atoms with Crippen molar-refractivity contribution >= 4 is 5.95 Å². The van der Waals surface area contributed by atoms with Gasteiger partial charge >= 0.3 is 0 Å². The highest BCUT2D eigenvalue weighted by atomic mass is 16.3. The van der Waals surface area contributed by atoms with E-state index in [0.717, 1.165) is 43.5 Å². The van der Waals surface area contributed by atoms with E-state index in [4.69, 9.17) is 0 Å². The van der Waals surface area contributed by atoms with Crippen LogP contribution in [-0.4, -0.2) is 32.4 Å². The second-order valence-corrected chi connectivity index (χ2v) is 4.65. The van der Waals surface area contributed by atoms with Crippen molar-refractivity contribution in [3.63, 3.8) is 0 Å². The average molecular weight is 236 g/mol. The number of aromatic nitrogens is 3. The van der Waals surface area contributed by atoms with E-state index in [1.807, 2.05) is 0 Å². The quantitative estimate of drug-likeness (QED) is 0.807. The number of nitrogens with one attached hydrogen (secondary N) is 1. The second kappa shape index (κ2) is 4.96. The van der Waals surface area contributed by atoms with Crippen LogP contribution in [0.25, 0.3) is 0 Å². The van der Waals surface area contributed by atoms with E-state index in [1.54, 1.807) is 0 Å². The van der Waals surface area contributed by atoms with Crippen LogP contribution in [0, 0.1) is 0 Å². The van der Waals surface area contributed by atoms with Crippen LogP contribution < -0.4 is 5.32 Å². The minimum atomic E-state index is -0.208. The molecule has 2 rings (SSSR count). The van der Waals surface area contributed by atoms with Crippen molar-refractivity contribution < 1.29 is 5.11 Å².